The highest BCUT2D eigenvalue weighted by Crippen LogP contribution is 2.33. The van der Waals surface area contributed by atoms with E-state index in [9.17, 15) is 20.0 Å². The van der Waals surface area contributed by atoms with E-state index in [2.05, 4.69) is 10.5 Å². The van der Waals surface area contributed by atoms with Crippen molar-refractivity contribution in [3.8, 4) is 16.9 Å². The van der Waals surface area contributed by atoms with Crippen molar-refractivity contribution >= 4 is 28.3 Å². The van der Waals surface area contributed by atoms with Crippen molar-refractivity contribution in [3.63, 3.8) is 0 Å². The zero-order chi connectivity index (χ0) is 23.5. The summed E-state index contributed by atoms with van der Waals surface area (Å²) >= 11 is 0. The molecule has 0 fully saturated rings. The maximum atomic E-state index is 12.4. The van der Waals surface area contributed by atoms with Crippen molar-refractivity contribution in [1.29, 1.82) is 0 Å². The Morgan fingerprint density at radius 2 is 1.91 bits per heavy atom. The molecule has 0 saturated heterocycles. The van der Waals surface area contributed by atoms with Crippen molar-refractivity contribution < 1.29 is 19.2 Å². The average molecular weight is 443 g/mol. The van der Waals surface area contributed by atoms with Crippen LogP contribution in [0.5, 0.6) is 5.75 Å². The van der Waals surface area contributed by atoms with Crippen LogP contribution in [0.3, 0.4) is 0 Å². The first kappa shape index (κ1) is 21.8. The molecule has 3 aromatic carbocycles. The number of carbonyl (C=O) groups is 1. The molecule has 0 saturated carbocycles. The number of phenols is 1. The molecular formula is C25H21N3O5. The fourth-order valence-corrected chi connectivity index (χ4v) is 3.63. The van der Waals surface area contributed by atoms with Gasteiger partial charge >= 0.3 is 0 Å². The Labute approximate surface area is 189 Å². The number of nitrogens with zero attached hydrogens (tertiary/aromatic N) is 2. The van der Waals surface area contributed by atoms with Gasteiger partial charge in [-0.1, -0.05) is 24.3 Å². The lowest BCUT2D eigenvalue weighted by molar-refractivity contribution is -0.385. The molecular weight excluding hydrogens is 422 g/mol. The Kier molecular flexibility index (Phi) is 5.91. The smallest absolute Gasteiger partial charge is 0.282 e. The van der Waals surface area contributed by atoms with Crippen LogP contribution in [0.25, 0.3) is 22.1 Å². The molecule has 8 nitrogen and oxygen atoms in total. The number of para-hydroxylation sites is 1. The Bertz CT molecular complexity index is 1400. The van der Waals surface area contributed by atoms with Crippen molar-refractivity contribution in [2.75, 3.05) is 0 Å². The van der Waals surface area contributed by atoms with Crippen LogP contribution in [-0.2, 0) is 6.42 Å². The lowest BCUT2D eigenvalue weighted by Gasteiger charge is -2.09. The predicted molar refractivity (Wildman–Crippen MR) is 125 cm³/mol. The fourth-order valence-electron chi connectivity index (χ4n) is 3.63. The van der Waals surface area contributed by atoms with Gasteiger partial charge in [0.1, 0.15) is 22.7 Å². The number of aromatic hydroxyl groups is 1. The lowest BCUT2D eigenvalue weighted by atomic mass is 9.99. The number of furan rings is 1. The lowest BCUT2D eigenvalue weighted by Crippen LogP contribution is -2.20. The van der Waals surface area contributed by atoms with Crippen LogP contribution in [-0.4, -0.2) is 21.6 Å². The summed E-state index contributed by atoms with van der Waals surface area (Å²) in [5, 5.41) is 26.6. The van der Waals surface area contributed by atoms with E-state index in [-0.39, 0.29) is 17.0 Å². The number of fused-ring (bicyclic) bond motifs is 1. The number of amides is 1. The molecule has 33 heavy (non-hydrogen) atoms. The Morgan fingerprint density at radius 3 is 2.70 bits per heavy atom. The second-order valence-electron chi connectivity index (χ2n) is 7.70. The van der Waals surface area contributed by atoms with Crippen molar-refractivity contribution in [3.05, 3.63) is 93.7 Å². The second-order valence-corrected chi connectivity index (χ2v) is 7.70. The number of hydrogen-bond acceptors (Lipinski definition) is 6. The number of carbonyl (C=O) groups excluding carboxylic acids is 1. The molecule has 0 bridgehead atoms. The summed E-state index contributed by atoms with van der Waals surface area (Å²) in [6.07, 6.45) is 0.414. The topological polar surface area (TPSA) is 118 Å². The highest BCUT2D eigenvalue weighted by Gasteiger charge is 2.18. The number of hydrogen-bond donors (Lipinski definition) is 2. The van der Waals surface area contributed by atoms with E-state index in [1.807, 2.05) is 37.3 Å². The summed E-state index contributed by atoms with van der Waals surface area (Å²) in [5.74, 6) is 0.309. The third kappa shape index (κ3) is 4.74. The Morgan fingerprint density at radius 1 is 1.12 bits per heavy atom. The van der Waals surface area contributed by atoms with E-state index in [4.69, 9.17) is 4.42 Å². The summed E-state index contributed by atoms with van der Waals surface area (Å²) in [6, 6.07) is 18.6. The minimum absolute atomic E-state index is 0.0594. The van der Waals surface area contributed by atoms with E-state index < -0.39 is 10.8 Å². The van der Waals surface area contributed by atoms with Crippen LogP contribution < -0.4 is 5.43 Å². The van der Waals surface area contributed by atoms with Gasteiger partial charge in [-0.05, 0) is 61.4 Å². The largest absolute Gasteiger partial charge is 0.507 e. The minimum atomic E-state index is -0.656. The molecule has 0 aliphatic rings. The van der Waals surface area contributed by atoms with Crippen LogP contribution >= 0.6 is 0 Å². The molecule has 1 aromatic heterocycles. The predicted octanol–water partition coefficient (Wildman–Crippen LogP) is 5.37. The number of nitro benzene ring substituents is 1. The van der Waals surface area contributed by atoms with Gasteiger partial charge in [0.15, 0.2) is 0 Å². The summed E-state index contributed by atoms with van der Waals surface area (Å²) in [7, 11) is 0. The number of nitrogens with one attached hydrogen (secondary N) is 1. The van der Waals surface area contributed by atoms with Crippen molar-refractivity contribution in [1.82, 2.24) is 5.43 Å². The van der Waals surface area contributed by atoms with E-state index in [1.165, 1.54) is 18.2 Å². The van der Waals surface area contributed by atoms with Gasteiger partial charge in [0.25, 0.3) is 11.6 Å². The zero-order valence-corrected chi connectivity index (χ0v) is 18.0. The van der Waals surface area contributed by atoms with Gasteiger partial charge in [-0.15, -0.1) is 0 Å². The first-order valence-electron chi connectivity index (χ1n) is 10.2. The summed E-state index contributed by atoms with van der Waals surface area (Å²) in [6.45, 7) is 3.63. The van der Waals surface area contributed by atoms with Crippen LogP contribution in [0.15, 0.2) is 76.2 Å². The number of aryl methyl sites for hydroxylation is 1. The third-order valence-corrected chi connectivity index (χ3v) is 5.17. The molecule has 0 spiro atoms. The number of phenolic OH excluding ortho intramolecular Hbond substituents is 1. The molecule has 0 aliphatic carbocycles. The number of nitro groups is 1. The Hall–Kier alpha value is -4.46. The normalized spacial score (nSPS) is 11.5. The highest BCUT2D eigenvalue weighted by molar-refractivity contribution is 5.99. The summed E-state index contributed by atoms with van der Waals surface area (Å²) in [5.41, 5.74) is 5.82. The molecule has 166 valence electrons. The molecule has 1 heterocycles. The summed E-state index contributed by atoms with van der Waals surface area (Å²) < 4.78 is 5.61. The molecule has 0 unspecified atom stereocenters. The Balaban J connectivity index is 1.52. The van der Waals surface area contributed by atoms with Gasteiger partial charge in [0, 0.05) is 29.1 Å². The van der Waals surface area contributed by atoms with Gasteiger partial charge in [-0.25, -0.2) is 5.43 Å². The van der Waals surface area contributed by atoms with Crippen LogP contribution in [0.2, 0.25) is 0 Å². The van der Waals surface area contributed by atoms with E-state index in [0.717, 1.165) is 27.9 Å². The molecule has 4 aromatic rings. The molecule has 1 amide bonds. The fraction of sp³-hybridized carbons (Fsp3) is 0.120. The maximum absolute atomic E-state index is 12.4. The number of rotatable bonds is 6. The van der Waals surface area contributed by atoms with Gasteiger partial charge in [0.05, 0.1) is 4.92 Å². The number of hydrazone groups is 1. The standard InChI is InChI=1S/C25H21N3O5/c1-15(26-27-25(30)20-5-3-4-6-22(20)28(31)32)11-17-7-9-23(29)21(13-17)18-8-10-24-19(14-18)12-16(2)33-24/h3-10,12-14,29H,11H2,1-2H3,(H,27,30). The average Bonchev–Trinajstić information content (AvgIpc) is 3.18. The first-order valence-corrected chi connectivity index (χ1v) is 10.2. The van der Waals surface area contributed by atoms with Gasteiger partial charge in [-0.2, -0.15) is 5.10 Å². The maximum Gasteiger partial charge on any atom is 0.282 e. The number of benzene rings is 3. The second kappa shape index (κ2) is 8.96. The third-order valence-electron chi connectivity index (χ3n) is 5.17. The van der Waals surface area contributed by atoms with Crippen LogP contribution in [0.4, 0.5) is 5.69 Å². The van der Waals surface area contributed by atoms with E-state index in [0.29, 0.717) is 17.7 Å². The highest BCUT2D eigenvalue weighted by atomic mass is 16.6. The molecule has 0 atom stereocenters. The first-order chi connectivity index (χ1) is 15.8. The van der Waals surface area contributed by atoms with Gasteiger partial charge < -0.3 is 9.52 Å². The van der Waals surface area contributed by atoms with E-state index in [1.54, 1.807) is 25.1 Å². The molecule has 0 radical (unpaired) electrons. The van der Waals surface area contributed by atoms with Crippen molar-refractivity contribution in [2.45, 2.75) is 20.3 Å². The van der Waals surface area contributed by atoms with Gasteiger partial charge in [0.2, 0.25) is 0 Å². The van der Waals surface area contributed by atoms with Crippen LogP contribution in [0, 0.1) is 17.0 Å². The molecule has 2 N–H and O–H groups in total. The van der Waals surface area contributed by atoms with Crippen LogP contribution in [0.1, 0.15) is 28.6 Å². The summed E-state index contributed by atoms with van der Waals surface area (Å²) in [4.78, 5) is 22.9. The molecule has 4 rings (SSSR count). The quantitative estimate of drug-likeness (QED) is 0.236. The zero-order valence-electron chi connectivity index (χ0n) is 18.0. The molecule has 0 aliphatic heterocycles. The van der Waals surface area contributed by atoms with Gasteiger partial charge in [-0.3, -0.25) is 14.9 Å². The monoisotopic (exact) mass is 443 g/mol. The SMILES string of the molecule is CC(Cc1ccc(O)c(-c2ccc3oc(C)cc3c2)c1)=NNC(=O)c1ccccc1[N+](=O)[O-]. The molecule has 8 heteroatoms. The minimum Gasteiger partial charge on any atom is -0.507 e. The van der Waals surface area contributed by atoms with E-state index >= 15 is 0 Å². The van der Waals surface area contributed by atoms with Crippen molar-refractivity contribution in [2.24, 2.45) is 5.10 Å².